The van der Waals surface area contributed by atoms with Crippen molar-refractivity contribution in [3.8, 4) is 17.6 Å². The maximum absolute atomic E-state index is 12.2. The normalized spacial score (nSPS) is 12.3. The monoisotopic (exact) mass is 387 g/mol. The van der Waals surface area contributed by atoms with Gasteiger partial charge in [-0.15, -0.1) is 0 Å². The van der Waals surface area contributed by atoms with E-state index in [2.05, 4.69) is 5.32 Å². The average Bonchev–Trinajstić information content (AvgIpc) is 3.08. The fourth-order valence-corrected chi connectivity index (χ4v) is 3.54. The Labute approximate surface area is 157 Å². The van der Waals surface area contributed by atoms with Gasteiger partial charge in [0, 0.05) is 24.7 Å². The Bertz CT molecular complexity index is 1010. The molecule has 1 amide bonds. The summed E-state index contributed by atoms with van der Waals surface area (Å²) in [6.07, 6.45) is 1.00. The topological polar surface area (TPSA) is 109 Å². The van der Waals surface area contributed by atoms with Gasteiger partial charge in [0.05, 0.1) is 23.6 Å². The van der Waals surface area contributed by atoms with Crippen molar-refractivity contribution < 1.29 is 22.7 Å². The van der Waals surface area contributed by atoms with Crippen molar-refractivity contribution in [3.63, 3.8) is 0 Å². The molecule has 2 aromatic carbocycles. The summed E-state index contributed by atoms with van der Waals surface area (Å²) in [7, 11) is -3.61. The minimum absolute atomic E-state index is 0.0515. The first kappa shape index (κ1) is 18.5. The quantitative estimate of drug-likeness (QED) is 0.813. The second-order valence-corrected chi connectivity index (χ2v) is 7.77. The van der Waals surface area contributed by atoms with Gasteiger partial charge in [0.15, 0.2) is 11.5 Å². The minimum atomic E-state index is -3.61. The fourth-order valence-electron chi connectivity index (χ4n) is 2.62. The molecule has 9 heteroatoms. The Morgan fingerprint density at radius 3 is 2.74 bits per heavy atom. The molecule has 0 spiro atoms. The molecule has 0 radical (unpaired) electrons. The summed E-state index contributed by atoms with van der Waals surface area (Å²) in [6, 6.07) is 13.2. The zero-order chi connectivity index (χ0) is 19.4. The van der Waals surface area contributed by atoms with Crippen molar-refractivity contribution in [2.45, 2.75) is 6.42 Å². The summed E-state index contributed by atoms with van der Waals surface area (Å²) < 4.78 is 35.8. The van der Waals surface area contributed by atoms with E-state index in [1.807, 2.05) is 6.07 Å². The molecule has 0 unspecified atom stereocenters. The molecule has 0 aromatic heterocycles. The molecule has 0 atom stereocenters. The zero-order valence-electron chi connectivity index (χ0n) is 14.5. The highest BCUT2D eigenvalue weighted by Gasteiger charge is 2.19. The molecular weight excluding hydrogens is 370 g/mol. The first-order valence-electron chi connectivity index (χ1n) is 8.04. The number of benzene rings is 2. The Morgan fingerprint density at radius 2 is 2.00 bits per heavy atom. The van der Waals surface area contributed by atoms with Crippen LogP contribution in [0.4, 0.5) is 11.4 Å². The van der Waals surface area contributed by atoms with Crippen molar-refractivity contribution in [2.75, 3.05) is 29.2 Å². The third-order valence-corrected chi connectivity index (χ3v) is 5.06. The van der Waals surface area contributed by atoms with E-state index in [-0.39, 0.29) is 25.7 Å². The first-order chi connectivity index (χ1) is 12.9. The molecule has 140 valence electrons. The van der Waals surface area contributed by atoms with Crippen molar-refractivity contribution in [2.24, 2.45) is 0 Å². The van der Waals surface area contributed by atoms with Gasteiger partial charge in [-0.2, -0.15) is 5.26 Å². The van der Waals surface area contributed by atoms with E-state index >= 15 is 0 Å². The molecule has 0 fully saturated rings. The fraction of sp³-hybridized carbons (Fsp3) is 0.222. The van der Waals surface area contributed by atoms with Gasteiger partial charge < -0.3 is 14.8 Å². The number of rotatable bonds is 6. The van der Waals surface area contributed by atoms with Gasteiger partial charge in [-0.1, -0.05) is 6.07 Å². The molecule has 27 heavy (non-hydrogen) atoms. The van der Waals surface area contributed by atoms with Crippen LogP contribution < -0.4 is 19.1 Å². The van der Waals surface area contributed by atoms with Gasteiger partial charge in [0.25, 0.3) is 0 Å². The van der Waals surface area contributed by atoms with E-state index in [0.717, 1.165) is 10.6 Å². The molecule has 3 rings (SSSR count). The Morgan fingerprint density at radius 1 is 1.22 bits per heavy atom. The van der Waals surface area contributed by atoms with Crippen molar-refractivity contribution >= 4 is 27.3 Å². The molecule has 2 aromatic rings. The number of amides is 1. The summed E-state index contributed by atoms with van der Waals surface area (Å²) in [5, 5.41) is 11.7. The standard InChI is InChI=1S/C18H17N3O5S/c1-27(23,24)21(15-4-2-3-13(9-15)11-19)8-7-18(22)20-14-5-6-16-17(10-14)26-12-25-16/h2-6,9-10H,7-8,12H2,1H3,(H,20,22). The van der Waals surface area contributed by atoms with E-state index in [1.165, 1.54) is 6.07 Å². The number of fused-ring (bicyclic) bond motifs is 1. The van der Waals surface area contributed by atoms with Crippen molar-refractivity contribution in [1.82, 2.24) is 0 Å². The SMILES string of the molecule is CS(=O)(=O)N(CCC(=O)Nc1ccc2c(c1)OCO2)c1cccc(C#N)c1. The zero-order valence-corrected chi connectivity index (χ0v) is 15.3. The summed E-state index contributed by atoms with van der Waals surface area (Å²) in [6.45, 7) is 0.0852. The van der Waals surface area contributed by atoms with Crippen LogP contribution in [0.5, 0.6) is 11.5 Å². The molecule has 0 bridgehead atoms. The van der Waals surface area contributed by atoms with Crippen LogP contribution >= 0.6 is 0 Å². The molecule has 1 aliphatic rings. The van der Waals surface area contributed by atoms with Gasteiger partial charge in [-0.05, 0) is 30.3 Å². The van der Waals surface area contributed by atoms with E-state index in [4.69, 9.17) is 14.7 Å². The number of sulfonamides is 1. The highest BCUT2D eigenvalue weighted by atomic mass is 32.2. The third kappa shape index (κ3) is 4.48. The number of hydrogen-bond donors (Lipinski definition) is 1. The number of carbonyl (C=O) groups is 1. The predicted molar refractivity (Wildman–Crippen MR) is 99.2 cm³/mol. The molecule has 0 aliphatic carbocycles. The van der Waals surface area contributed by atoms with Crippen LogP contribution in [0.25, 0.3) is 0 Å². The number of carbonyl (C=O) groups excluding carboxylic acids is 1. The minimum Gasteiger partial charge on any atom is -0.454 e. The Balaban J connectivity index is 1.68. The van der Waals surface area contributed by atoms with Gasteiger partial charge in [0.2, 0.25) is 22.7 Å². The number of nitriles is 1. The van der Waals surface area contributed by atoms with Crippen LogP contribution in [0.15, 0.2) is 42.5 Å². The predicted octanol–water partition coefficient (Wildman–Crippen LogP) is 2.08. The highest BCUT2D eigenvalue weighted by molar-refractivity contribution is 7.92. The lowest BCUT2D eigenvalue weighted by Gasteiger charge is -2.22. The van der Waals surface area contributed by atoms with Gasteiger partial charge >= 0.3 is 0 Å². The molecule has 1 heterocycles. The Kier molecular flexibility index (Phi) is 5.19. The van der Waals surface area contributed by atoms with Gasteiger partial charge in [0.1, 0.15) is 0 Å². The summed E-state index contributed by atoms with van der Waals surface area (Å²) in [5.74, 6) is 0.798. The second kappa shape index (κ2) is 7.55. The van der Waals surface area contributed by atoms with E-state index in [9.17, 15) is 13.2 Å². The van der Waals surface area contributed by atoms with E-state index in [1.54, 1.807) is 36.4 Å². The number of anilines is 2. The summed E-state index contributed by atoms with van der Waals surface area (Å²) >= 11 is 0. The van der Waals surface area contributed by atoms with Crippen LogP contribution in [-0.2, 0) is 14.8 Å². The number of nitrogens with zero attached hydrogens (tertiary/aromatic N) is 2. The lowest BCUT2D eigenvalue weighted by atomic mass is 10.2. The van der Waals surface area contributed by atoms with Gasteiger partial charge in [-0.25, -0.2) is 8.42 Å². The number of hydrogen-bond acceptors (Lipinski definition) is 6. The third-order valence-electron chi connectivity index (χ3n) is 3.86. The summed E-state index contributed by atoms with van der Waals surface area (Å²) in [4.78, 5) is 12.2. The molecule has 1 aliphatic heterocycles. The maximum Gasteiger partial charge on any atom is 0.232 e. The maximum atomic E-state index is 12.2. The number of nitrogens with one attached hydrogen (secondary N) is 1. The largest absolute Gasteiger partial charge is 0.454 e. The molecule has 1 N–H and O–H groups in total. The van der Waals surface area contributed by atoms with Crippen LogP contribution in [-0.4, -0.2) is 33.9 Å². The Hall–Kier alpha value is -3.25. The van der Waals surface area contributed by atoms with Crippen molar-refractivity contribution in [1.29, 1.82) is 5.26 Å². The lowest BCUT2D eigenvalue weighted by Crippen LogP contribution is -2.33. The molecule has 8 nitrogen and oxygen atoms in total. The van der Waals surface area contributed by atoms with Crippen LogP contribution in [0.1, 0.15) is 12.0 Å². The second-order valence-electron chi connectivity index (χ2n) is 5.86. The molecule has 0 saturated carbocycles. The summed E-state index contributed by atoms with van der Waals surface area (Å²) in [5.41, 5.74) is 1.21. The molecular formula is C18H17N3O5S. The first-order valence-corrected chi connectivity index (χ1v) is 9.89. The van der Waals surface area contributed by atoms with E-state index in [0.29, 0.717) is 28.4 Å². The van der Waals surface area contributed by atoms with Crippen LogP contribution in [0.2, 0.25) is 0 Å². The average molecular weight is 387 g/mol. The van der Waals surface area contributed by atoms with Crippen molar-refractivity contribution in [3.05, 3.63) is 48.0 Å². The van der Waals surface area contributed by atoms with Crippen LogP contribution in [0.3, 0.4) is 0 Å². The smallest absolute Gasteiger partial charge is 0.232 e. The van der Waals surface area contributed by atoms with Crippen LogP contribution in [0, 0.1) is 11.3 Å². The van der Waals surface area contributed by atoms with E-state index < -0.39 is 10.0 Å². The number of ether oxygens (including phenoxy) is 2. The van der Waals surface area contributed by atoms with Gasteiger partial charge in [-0.3, -0.25) is 9.10 Å². The molecule has 0 saturated heterocycles. The highest BCUT2D eigenvalue weighted by Crippen LogP contribution is 2.34. The lowest BCUT2D eigenvalue weighted by molar-refractivity contribution is -0.116.